The lowest BCUT2D eigenvalue weighted by molar-refractivity contribution is 0.0253. The molecular formula is C34H41FN8O7S2. The molecule has 0 fully saturated rings. The van der Waals surface area contributed by atoms with Gasteiger partial charge in [-0.2, -0.15) is 8.42 Å². The Hall–Kier alpha value is -4.81. The fourth-order valence-electron chi connectivity index (χ4n) is 4.96. The van der Waals surface area contributed by atoms with E-state index in [-0.39, 0.29) is 38.4 Å². The average molecular weight is 757 g/mol. The van der Waals surface area contributed by atoms with Crippen molar-refractivity contribution >= 4 is 60.8 Å². The van der Waals surface area contributed by atoms with Gasteiger partial charge in [0.25, 0.3) is 10.1 Å². The fraction of sp³-hybridized carbons (Fsp3) is 0.441. The predicted octanol–water partition coefficient (Wildman–Crippen LogP) is 5.86. The van der Waals surface area contributed by atoms with Crippen molar-refractivity contribution in [2.24, 2.45) is 0 Å². The number of halogens is 1. The van der Waals surface area contributed by atoms with Gasteiger partial charge in [-0.05, 0) is 71.4 Å². The third-order valence-corrected chi connectivity index (χ3v) is 8.72. The van der Waals surface area contributed by atoms with Crippen LogP contribution >= 0.6 is 11.3 Å². The highest BCUT2D eigenvalue weighted by Crippen LogP contribution is 2.26. The predicted molar refractivity (Wildman–Crippen MR) is 193 cm³/mol. The van der Waals surface area contributed by atoms with Crippen LogP contribution in [0.25, 0.3) is 21.4 Å². The summed E-state index contributed by atoms with van der Waals surface area (Å²) in [7, 11) is -3.68. The Kier molecular flexibility index (Phi) is 11.4. The van der Waals surface area contributed by atoms with E-state index in [1.165, 1.54) is 45.5 Å². The number of hydrogen-bond acceptors (Lipinski definition) is 14. The molecular weight excluding hydrogens is 716 g/mol. The van der Waals surface area contributed by atoms with Gasteiger partial charge >= 0.3 is 12.2 Å². The van der Waals surface area contributed by atoms with Crippen LogP contribution in [-0.4, -0.2) is 85.5 Å². The number of pyridine rings is 1. The number of hydrogen-bond donors (Lipinski definition) is 1. The van der Waals surface area contributed by atoms with Gasteiger partial charge in [-0.1, -0.05) is 17.4 Å². The van der Waals surface area contributed by atoms with E-state index in [2.05, 4.69) is 20.3 Å². The minimum absolute atomic E-state index is 0.0991. The smallest absolute Gasteiger partial charge is 0.420 e. The number of nitrogens with zero attached hydrogens (tertiary/aromatic N) is 7. The molecule has 0 saturated carbocycles. The van der Waals surface area contributed by atoms with E-state index in [9.17, 15) is 22.4 Å². The van der Waals surface area contributed by atoms with Crippen LogP contribution in [0.2, 0.25) is 0 Å². The van der Waals surface area contributed by atoms with Gasteiger partial charge < -0.3 is 19.7 Å². The summed E-state index contributed by atoms with van der Waals surface area (Å²) in [5.41, 5.74) is 0.572. The molecule has 0 radical (unpaired) electrons. The van der Waals surface area contributed by atoms with E-state index in [4.69, 9.17) is 23.6 Å². The Morgan fingerprint density at radius 1 is 0.981 bits per heavy atom. The highest BCUT2D eigenvalue weighted by Gasteiger charge is 2.27. The monoisotopic (exact) mass is 756 g/mol. The largest absolute Gasteiger partial charge is 0.444 e. The highest BCUT2D eigenvalue weighted by atomic mass is 32.2. The number of aromatic nitrogens is 6. The molecule has 15 nitrogen and oxygen atoms in total. The van der Waals surface area contributed by atoms with Crippen molar-refractivity contribution in [2.45, 2.75) is 78.7 Å². The number of rotatable bonds is 12. The summed E-state index contributed by atoms with van der Waals surface area (Å²) in [6.45, 7) is 10.8. The first-order valence-electron chi connectivity index (χ1n) is 16.3. The van der Waals surface area contributed by atoms with E-state index in [1.54, 1.807) is 59.7 Å². The van der Waals surface area contributed by atoms with E-state index in [1.807, 2.05) is 0 Å². The summed E-state index contributed by atoms with van der Waals surface area (Å²) in [4.78, 5) is 51.2. The van der Waals surface area contributed by atoms with Gasteiger partial charge in [0.05, 0.1) is 41.1 Å². The molecule has 4 aromatic heterocycles. The normalized spacial score (nSPS) is 12.3. The minimum Gasteiger partial charge on any atom is -0.444 e. The summed E-state index contributed by atoms with van der Waals surface area (Å²) in [6.07, 6.45) is 3.15. The Bertz CT molecular complexity index is 2190. The van der Waals surface area contributed by atoms with Crippen LogP contribution < -0.4 is 5.32 Å². The summed E-state index contributed by atoms with van der Waals surface area (Å²) >= 11 is 1.34. The lowest BCUT2D eigenvalue weighted by Gasteiger charge is -2.27. The van der Waals surface area contributed by atoms with E-state index >= 15 is 0 Å². The zero-order valence-electron chi connectivity index (χ0n) is 30.0. The van der Waals surface area contributed by atoms with Crippen LogP contribution in [0.15, 0.2) is 42.9 Å². The first-order valence-corrected chi connectivity index (χ1v) is 19.0. The van der Waals surface area contributed by atoms with Crippen molar-refractivity contribution in [3.63, 3.8) is 0 Å². The molecule has 4 heterocycles. The summed E-state index contributed by atoms with van der Waals surface area (Å²) in [5.74, 6) is 0.315. The second kappa shape index (κ2) is 15.4. The molecule has 5 rings (SSSR count). The van der Waals surface area contributed by atoms with Gasteiger partial charge in [0.2, 0.25) is 0 Å². The SMILES string of the molecule is CC(C)(C)OC(=O)N(CCc1nc2c(NCc3ncccc3F)ncnc2s1)CCc1nc2cc(COS(C)(=O)=O)ccc2n1C(=O)OC(C)(C)C. The summed E-state index contributed by atoms with van der Waals surface area (Å²) in [6, 6.07) is 7.79. The molecule has 0 bridgehead atoms. The van der Waals surface area contributed by atoms with E-state index in [0.717, 1.165) is 6.26 Å². The summed E-state index contributed by atoms with van der Waals surface area (Å²) in [5, 5.41) is 3.77. The molecule has 18 heteroatoms. The Morgan fingerprint density at radius 2 is 1.71 bits per heavy atom. The van der Waals surface area contributed by atoms with Crippen molar-refractivity contribution in [3.8, 4) is 0 Å². The number of nitrogens with one attached hydrogen (secondary N) is 1. The van der Waals surface area contributed by atoms with Crippen LogP contribution in [0.3, 0.4) is 0 Å². The molecule has 1 N–H and O–H groups in total. The number of amides is 1. The van der Waals surface area contributed by atoms with Crippen molar-refractivity contribution in [3.05, 3.63) is 70.8 Å². The number of benzene rings is 1. The minimum atomic E-state index is -3.68. The zero-order chi connectivity index (χ0) is 37.8. The van der Waals surface area contributed by atoms with Crippen molar-refractivity contribution in [2.75, 3.05) is 24.7 Å². The maximum absolute atomic E-state index is 14.1. The number of carbonyl (C=O) groups is 2. The Labute approximate surface area is 304 Å². The molecule has 0 saturated heterocycles. The first-order chi connectivity index (χ1) is 24.3. The van der Waals surface area contributed by atoms with Gasteiger partial charge in [0.1, 0.15) is 39.5 Å². The van der Waals surface area contributed by atoms with Crippen LogP contribution in [0.1, 0.15) is 63.6 Å². The standard InChI is InChI=1S/C34H41FN8O7S2/c1-33(2,3)49-31(44)42(16-13-27-41-28-29(38-20-39-30(28)51-27)37-18-24-22(35)9-8-14-36-24)15-12-26-40-23-17-21(19-48-52(7,46)47)10-11-25(23)43(26)32(45)50-34(4,5)6/h8-11,14,17,20H,12-13,15-16,18-19H2,1-7H3,(H,37,38,39). The highest BCUT2D eigenvalue weighted by molar-refractivity contribution is 7.85. The summed E-state index contributed by atoms with van der Waals surface area (Å²) < 4.78 is 55.0. The van der Waals surface area contributed by atoms with Crippen molar-refractivity contribution < 1.29 is 36.1 Å². The van der Waals surface area contributed by atoms with Crippen LogP contribution in [0.4, 0.5) is 19.8 Å². The van der Waals surface area contributed by atoms with Crippen LogP contribution in [0, 0.1) is 5.82 Å². The number of imidazole rings is 1. The maximum Gasteiger partial charge on any atom is 0.420 e. The Balaban J connectivity index is 1.38. The topological polar surface area (TPSA) is 181 Å². The molecule has 1 aromatic carbocycles. The lowest BCUT2D eigenvalue weighted by Crippen LogP contribution is -2.39. The number of thiazole rings is 1. The third-order valence-electron chi connectivity index (χ3n) is 7.15. The van der Waals surface area contributed by atoms with Gasteiger partial charge in [-0.15, -0.1) is 0 Å². The van der Waals surface area contributed by atoms with Gasteiger partial charge in [0.15, 0.2) is 5.82 Å². The second-order valence-electron chi connectivity index (χ2n) is 13.9. The van der Waals surface area contributed by atoms with E-state index in [0.29, 0.717) is 50.0 Å². The van der Waals surface area contributed by atoms with Crippen LogP contribution in [-0.2, 0) is 49.8 Å². The molecule has 5 aromatic rings. The van der Waals surface area contributed by atoms with Crippen molar-refractivity contribution in [1.82, 2.24) is 34.4 Å². The van der Waals surface area contributed by atoms with Crippen molar-refractivity contribution in [1.29, 1.82) is 0 Å². The molecule has 0 unspecified atom stereocenters. The fourth-order valence-corrected chi connectivity index (χ4v) is 6.20. The average Bonchev–Trinajstić information content (AvgIpc) is 3.62. The van der Waals surface area contributed by atoms with Gasteiger partial charge in [0, 0.05) is 32.1 Å². The quantitative estimate of drug-likeness (QED) is 0.150. The molecule has 0 atom stereocenters. The Morgan fingerprint density at radius 3 is 2.40 bits per heavy atom. The molecule has 0 spiro atoms. The molecule has 278 valence electrons. The van der Waals surface area contributed by atoms with Gasteiger partial charge in [-0.25, -0.2) is 38.5 Å². The van der Waals surface area contributed by atoms with Crippen LogP contribution in [0.5, 0.6) is 0 Å². The molecule has 0 aliphatic carbocycles. The molecule has 52 heavy (non-hydrogen) atoms. The van der Waals surface area contributed by atoms with E-state index < -0.39 is 39.3 Å². The number of ether oxygens (including phenoxy) is 2. The number of fused-ring (bicyclic) bond motifs is 2. The van der Waals surface area contributed by atoms with Gasteiger partial charge in [-0.3, -0.25) is 9.17 Å². The second-order valence-corrected chi connectivity index (χ2v) is 16.6. The third kappa shape index (κ3) is 10.4. The molecule has 0 aliphatic heterocycles. The maximum atomic E-state index is 14.1. The lowest BCUT2D eigenvalue weighted by atomic mass is 10.2. The molecule has 0 aliphatic rings. The first kappa shape index (κ1) is 38.4. The molecule has 1 amide bonds. The zero-order valence-corrected chi connectivity index (χ0v) is 31.6. The number of anilines is 1. The number of carbonyl (C=O) groups excluding carboxylic acids is 2.